The fraction of sp³-hybridized carbons (Fsp3) is 0.211. The van der Waals surface area contributed by atoms with Crippen LogP contribution in [-0.2, 0) is 18.4 Å². The number of hydrogen-bond donors (Lipinski definition) is 3. The summed E-state index contributed by atoms with van der Waals surface area (Å²) in [5, 5.41) is 7.73. The molecule has 0 unspecified atom stereocenters. The normalized spacial score (nSPS) is 13.6. The van der Waals surface area contributed by atoms with Crippen LogP contribution in [0.3, 0.4) is 0 Å². The number of nitrogens with zero attached hydrogens (tertiary/aromatic N) is 4. The number of allylic oxidation sites excluding steroid dienone is 2. The summed E-state index contributed by atoms with van der Waals surface area (Å²) in [6.45, 7) is 2.47. The first-order valence-electron chi connectivity index (χ1n) is 8.58. The Hall–Kier alpha value is -3.39. The van der Waals surface area contributed by atoms with Crippen LogP contribution in [0.4, 0.5) is 5.82 Å². The summed E-state index contributed by atoms with van der Waals surface area (Å²) in [6.07, 6.45) is 7.71. The number of aryl methyl sites for hydroxylation is 1. The Balaban J connectivity index is 1.68. The Kier molecular flexibility index (Phi) is 4.47. The fourth-order valence-corrected chi connectivity index (χ4v) is 2.98. The molecule has 4 heterocycles. The molecule has 3 aromatic rings. The molecule has 1 aliphatic heterocycles. The van der Waals surface area contributed by atoms with E-state index in [1.54, 1.807) is 11.8 Å². The van der Waals surface area contributed by atoms with Crippen LogP contribution in [0.15, 0.2) is 54.3 Å². The third-order valence-electron chi connectivity index (χ3n) is 4.18. The van der Waals surface area contributed by atoms with Crippen LogP contribution in [0.2, 0.25) is 0 Å². The van der Waals surface area contributed by atoms with Crippen molar-refractivity contribution in [3.05, 3.63) is 60.0 Å². The quantitative estimate of drug-likeness (QED) is 0.641. The maximum Gasteiger partial charge on any atom is 0.132 e. The monoisotopic (exact) mass is 363 g/mol. The van der Waals surface area contributed by atoms with Crippen LogP contribution in [0.25, 0.3) is 22.2 Å². The second kappa shape index (κ2) is 7.08. The third kappa shape index (κ3) is 3.61. The highest BCUT2D eigenvalue weighted by molar-refractivity contribution is 5.82. The van der Waals surface area contributed by atoms with Gasteiger partial charge in [-0.1, -0.05) is 0 Å². The maximum atomic E-state index is 5.26. The molecule has 0 aromatic carbocycles. The van der Waals surface area contributed by atoms with Crippen LogP contribution >= 0.6 is 0 Å². The highest BCUT2D eigenvalue weighted by atomic mass is 16.5. The van der Waals surface area contributed by atoms with Gasteiger partial charge in [0, 0.05) is 43.9 Å². The van der Waals surface area contributed by atoms with Crippen LogP contribution in [0.5, 0.6) is 0 Å². The molecule has 1 aliphatic rings. The van der Waals surface area contributed by atoms with Gasteiger partial charge in [-0.2, -0.15) is 5.10 Å². The minimum absolute atomic E-state index is 0.447. The predicted molar refractivity (Wildman–Crippen MR) is 104 cm³/mol. The minimum Gasteiger partial charge on any atom is -0.378 e. The molecule has 8 heteroatoms. The minimum atomic E-state index is 0.447. The number of fused-ring (bicyclic) bond motifs is 1. The van der Waals surface area contributed by atoms with Gasteiger partial charge in [0.25, 0.3) is 0 Å². The Morgan fingerprint density at radius 2 is 2.15 bits per heavy atom. The van der Waals surface area contributed by atoms with Gasteiger partial charge in [0.05, 0.1) is 23.3 Å². The smallest absolute Gasteiger partial charge is 0.132 e. The van der Waals surface area contributed by atoms with Crippen molar-refractivity contribution in [1.29, 1.82) is 0 Å². The molecule has 0 fully saturated rings. The second-order valence-corrected chi connectivity index (χ2v) is 6.40. The number of methoxy groups -OCH3 is 1. The predicted octanol–water partition coefficient (Wildman–Crippen LogP) is 2.44. The largest absolute Gasteiger partial charge is 0.378 e. The molecule has 138 valence electrons. The molecule has 3 N–H and O–H groups in total. The molecule has 3 aromatic heterocycles. The fourth-order valence-electron chi connectivity index (χ4n) is 2.98. The average molecular weight is 363 g/mol. The van der Waals surface area contributed by atoms with Crippen LogP contribution in [0.1, 0.15) is 12.6 Å². The Morgan fingerprint density at radius 3 is 2.96 bits per heavy atom. The zero-order chi connectivity index (χ0) is 18.8. The van der Waals surface area contributed by atoms with E-state index < -0.39 is 0 Å². The standard InChI is InChI=1S/C19H21N7O/c1-12-6-19(24-21-8-12)23-18-5-4-15-16(22-18)7-13(9-20-15)14-10-26(2)25-17(14)11-27-3/h4-10,21,24H,11H2,1-3H3,(H,22,23). The summed E-state index contributed by atoms with van der Waals surface area (Å²) in [5.74, 6) is 1.57. The number of nitrogens with one attached hydrogen (secondary N) is 3. The van der Waals surface area contributed by atoms with Crippen molar-refractivity contribution in [2.45, 2.75) is 13.5 Å². The highest BCUT2D eigenvalue weighted by Crippen LogP contribution is 2.26. The molecule has 0 saturated heterocycles. The number of anilines is 1. The van der Waals surface area contributed by atoms with Crippen molar-refractivity contribution < 1.29 is 4.74 Å². The molecule has 4 rings (SSSR count). The zero-order valence-corrected chi connectivity index (χ0v) is 15.4. The van der Waals surface area contributed by atoms with Crippen molar-refractivity contribution in [1.82, 2.24) is 30.6 Å². The third-order valence-corrected chi connectivity index (χ3v) is 4.18. The molecule has 0 saturated carbocycles. The zero-order valence-electron chi connectivity index (χ0n) is 15.4. The van der Waals surface area contributed by atoms with Gasteiger partial charge in [-0.25, -0.2) is 4.98 Å². The summed E-state index contributed by atoms with van der Waals surface area (Å²) >= 11 is 0. The molecular formula is C19H21N7O. The number of ether oxygens (including phenoxy) is 1. The van der Waals surface area contributed by atoms with E-state index in [-0.39, 0.29) is 0 Å². The van der Waals surface area contributed by atoms with Gasteiger partial charge < -0.3 is 15.5 Å². The Labute approximate surface area is 156 Å². The Bertz CT molecular complexity index is 1050. The number of hydrogen-bond acceptors (Lipinski definition) is 7. The van der Waals surface area contributed by atoms with Gasteiger partial charge >= 0.3 is 0 Å². The lowest BCUT2D eigenvalue weighted by atomic mass is 10.1. The highest BCUT2D eigenvalue weighted by Gasteiger charge is 2.12. The van der Waals surface area contributed by atoms with E-state index in [9.17, 15) is 0 Å². The number of pyridine rings is 2. The van der Waals surface area contributed by atoms with Gasteiger partial charge in [-0.05, 0) is 36.8 Å². The van der Waals surface area contributed by atoms with E-state index >= 15 is 0 Å². The molecular weight excluding hydrogens is 342 g/mol. The SMILES string of the molecule is COCc1nn(C)cc1-c1cnc2ccc(NC3=CC(C)=CNN3)nc2c1. The summed E-state index contributed by atoms with van der Waals surface area (Å²) in [6, 6.07) is 5.88. The first-order chi connectivity index (χ1) is 13.1. The van der Waals surface area contributed by atoms with Crippen LogP contribution in [-0.4, -0.2) is 26.9 Å². The first kappa shape index (κ1) is 17.0. The van der Waals surface area contributed by atoms with E-state index in [2.05, 4.69) is 26.3 Å². The van der Waals surface area contributed by atoms with Gasteiger partial charge in [-0.15, -0.1) is 0 Å². The molecule has 0 spiro atoms. The molecule has 27 heavy (non-hydrogen) atoms. The van der Waals surface area contributed by atoms with Crippen molar-refractivity contribution >= 4 is 16.9 Å². The van der Waals surface area contributed by atoms with Crippen molar-refractivity contribution in [2.24, 2.45) is 7.05 Å². The lowest BCUT2D eigenvalue weighted by Crippen LogP contribution is -2.32. The Morgan fingerprint density at radius 1 is 1.26 bits per heavy atom. The van der Waals surface area contributed by atoms with Gasteiger partial charge in [0.2, 0.25) is 0 Å². The van der Waals surface area contributed by atoms with Crippen LogP contribution in [0, 0.1) is 0 Å². The molecule has 0 bridgehead atoms. The van der Waals surface area contributed by atoms with Gasteiger partial charge in [-0.3, -0.25) is 15.1 Å². The molecule has 8 nitrogen and oxygen atoms in total. The van der Waals surface area contributed by atoms with E-state index in [1.165, 1.54) is 0 Å². The summed E-state index contributed by atoms with van der Waals surface area (Å²) in [7, 11) is 3.56. The van der Waals surface area contributed by atoms with E-state index in [0.29, 0.717) is 6.61 Å². The van der Waals surface area contributed by atoms with E-state index in [1.807, 2.05) is 56.8 Å². The summed E-state index contributed by atoms with van der Waals surface area (Å²) in [4.78, 5) is 9.25. The number of hydrazine groups is 1. The van der Waals surface area contributed by atoms with E-state index in [0.717, 1.165) is 45.1 Å². The van der Waals surface area contributed by atoms with Crippen molar-refractivity contribution in [3.8, 4) is 11.1 Å². The topological polar surface area (TPSA) is 88.9 Å². The summed E-state index contributed by atoms with van der Waals surface area (Å²) in [5.41, 5.74) is 11.6. The van der Waals surface area contributed by atoms with E-state index in [4.69, 9.17) is 9.72 Å². The number of aromatic nitrogens is 4. The lowest BCUT2D eigenvalue weighted by molar-refractivity contribution is 0.181. The molecule has 0 atom stereocenters. The first-order valence-corrected chi connectivity index (χ1v) is 8.58. The average Bonchev–Trinajstić information content (AvgIpc) is 3.02. The van der Waals surface area contributed by atoms with Crippen molar-refractivity contribution in [2.75, 3.05) is 12.4 Å². The molecule has 0 aliphatic carbocycles. The van der Waals surface area contributed by atoms with Gasteiger partial charge in [0.15, 0.2) is 0 Å². The van der Waals surface area contributed by atoms with Gasteiger partial charge in [0.1, 0.15) is 11.6 Å². The molecule has 0 amide bonds. The second-order valence-electron chi connectivity index (χ2n) is 6.40. The van der Waals surface area contributed by atoms with Crippen molar-refractivity contribution in [3.63, 3.8) is 0 Å². The molecule has 0 radical (unpaired) electrons. The lowest BCUT2D eigenvalue weighted by Gasteiger charge is -2.17. The summed E-state index contributed by atoms with van der Waals surface area (Å²) < 4.78 is 7.04. The maximum absolute atomic E-state index is 5.26. The number of rotatable bonds is 5. The van der Waals surface area contributed by atoms with Crippen LogP contribution < -0.4 is 16.2 Å².